The molecular formula is C14H20N2O3. The molecule has 5 heteroatoms. The highest BCUT2D eigenvalue weighted by Crippen LogP contribution is 2.58. The molecule has 1 amide bonds. The number of hydrogen-bond donors (Lipinski definition) is 0. The molecule has 2 atom stereocenters. The first-order chi connectivity index (χ1) is 8.80. The normalized spacial score (nSPS) is 29.3. The van der Waals surface area contributed by atoms with E-state index < -0.39 is 5.60 Å². The molecule has 2 unspecified atom stereocenters. The predicted molar refractivity (Wildman–Crippen MR) is 68.8 cm³/mol. The van der Waals surface area contributed by atoms with Gasteiger partial charge in [0.2, 0.25) is 0 Å². The number of hydrogen-bond acceptors (Lipinski definition) is 4. The van der Waals surface area contributed by atoms with E-state index in [1.54, 1.807) is 4.90 Å². The highest BCUT2D eigenvalue weighted by molar-refractivity contribution is 5.69. The third kappa shape index (κ3) is 2.11. The summed E-state index contributed by atoms with van der Waals surface area (Å²) in [6.45, 7) is 9.01. The second-order valence-electron chi connectivity index (χ2n) is 6.74. The molecule has 0 N–H and O–H groups in total. The molecule has 0 aromatic carbocycles. The fourth-order valence-electron chi connectivity index (χ4n) is 2.95. The molecule has 19 heavy (non-hydrogen) atoms. The number of rotatable bonds is 1. The van der Waals surface area contributed by atoms with Crippen LogP contribution in [0.3, 0.4) is 0 Å². The number of fused-ring (bicyclic) bond motifs is 1. The van der Waals surface area contributed by atoms with Gasteiger partial charge in [-0.25, -0.2) is 4.79 Å². The molecule has 104 valence electrons. The van der Waals surface area contributed by atoms with Crippen LogP contribution >= 0.6 is 0 Å². The van der Waals surface area contributed by atoms with Gasteiger partial charge in [0.15, 0.2) is 0 Å². The maximum absolute atomic E-state index is 12.1. The smallest absolute Gasteiger partial charge is 0.410 e. The molecule has 1 aromatic rings. The van der Waals surface area contributed by atoms with E-state index >= 15 is 0 Å². The van der Waals surface area contributed by atoms with Crippen molar-refractivity contribution in [3.05, 3.63) is 17.5 Å². The standard InChI is InChI=1S/C14H20N2O3/c1-9-5-11(15-19-9)14-6-10(14)7-16(8-14)12(17)18-13(2,3)4/h5,10H,6-8H2,1-4H3. The van der Waals surface area contributed by atoms with Crippen molar-refractivity contribution in [2.75, 3.05) is 13.1 Å². The lowest BCUT2D eigenvalue weighted by Gasteiger charge is -2.26. The molecule has 1 saturated heterocycles. The molecular weight excluding hydrogens is 244 g/mol. The fourth-order valence-corrected chi connectivity index (χ4v) is 2.95. The summed E-state index contributed by atoms with van der Waals surface area (Å²) in [6.07, 6.45) is 0.873. The maximum Gasteiger partial charge on any atom is 0.410 e. The van der Waals surface area contributed by atoms with Crippen molar-refractivity contribution >= 4 is 6.09 Å². The first-order valence-corrected chi connectivity index (χ1v) is 6.72. The zero-order valence-corrected chi connectivity index (χ0v) is 11.9. The van der Waals surface area contributed by atoms with Gasteiger partial charge in [0.1, 0.15) is 11.4 Å². The van der Waals surface area contributed by atoms with Crippen molar-refractivity contribution in [1.82, 2.24) is 10.1 Å². The lowest BCUT2D eigenvalue weighted by atomic mass is 10.0. The van der Waals surface area contributed by atoms with E-state index in [-0.39, 0.29) is 11.5 Å². The lowest BCUT2D eigenvalue weighted by molar-refractivity contribution is 0.0269. The first kappa shape index (κ1) is 12.5. The van der Waals surface area contributed by atoms with Crippen LogP contribution in [-0.4, -0.2) is 34.8 Å². The number of aromatic nitrogens is 1. The Labute approximate surface area is 112 Å². The van der Waals surface area contributed by atoms with Crippen LogP contribution in [0.1, 0.15) is 38.6 Å². The van der Waals surface area contributed by atoms with Crippen LogP contribution in [0.15, 0.2) is 10.6 Å². The Morgan fingerprint density at radius 1 is 1.58 bits per heavy atom. The van der Waals surface area contributed by atoms with E-state index in [9.17, 15) is 4.79 Å². The van der Waals surface area contributed by atoms with Gasteiger partial charge in [-0.15, -0.1) is 0 Å². The van der Waals surface area contributed by atoms with Crippen LogP contribution in [0.2, 0.25) is 0 Å². The van der Waals surface area contributed by atoms with Gasteiger partial charge >= 0.3 is 6.09 Å². The van der Waals surface area contributed by atoms with Gasteiger partial charge in [0.05, 0.1) is 5.69 Å². The van der Waals surface area contributed by atoms with Crippen molar-refractivity contribution in [2.45, 2.75) is 45.1 Å². The van der Waals surface area contributed by atoms with E-state index in [1.807, 2.05) is 33.8 Å². The Bertz CT molecular complexity index is 517. The first-order valence-electron chi connectivity index (χ1n) is 6.72. The van der Waals surface area contributed by atoms with Crippen LogP contribution in [0, 0.1) is 12.8 Å². The Balaban J connectivity index is 1.70. The number of carbonyl (C=O) groups is 1. The molecule has 2 fully saturated rings. The van der Waals surface area contributed by atoms with Gasteiger partial charge in [-0.3, -0.25) is 0 Å². The summed E-state index contributed by atoms with van der Waals surface area (Å²) in [7, 11) is 0. The second kappa shape index (κ2) is 3.74. The highest BCUT2D eigenvalue weighted by atomic mass is 16.6. The number of carbonyl (C=O) groups excluding carboxylic acids is 1. The van der Waals surface area contributed by atoms with Gasteiger partial charge < -0.3 is 14.2 Å². The van der Waals surface area contributed by atoms with Gasteiger partial charge in [-0.2, -0.15) is 0 Å². The maximum atomic E-state index is 12.1. The highest BCUT2D eigenvalue weighted by Gasteiger charge is 2.63. The summed E-state index contributed by atoms with van der Waals surface area (Å²) in [5.41, 5.74) is 0.567. The van der Waals surface area contributed by atoms with Gasteiger partial charge in [0, 0.05) is 24.6 Å². The number of ether oxygens (including phenoxy) is 1. The van der Waals surface area contributed by atoms with E-state index in [2.05, 4.69) is 5.16 Å². The molecule has 3 rings (SSSR count). The van der Waals surface area contributed by atoms with Crippen molar-refractivity contribution in [2.24, 2.45) is 5.92 Å². The van der Waals surface area contributed by atoms with E-state index in [0.29, 0.717) is 12.5 Å². The summed E-state index contributed by atoms with van der Waals surface area (Å²) in [6, 6.07) is 1.98. The third-order valence-corrected chi connectivity index (χ3v) is 3.94. The van der Waals surface area contributed by atoms with Crippen molar-refractivity contribution in [3.8, 4) is 0 Å². The number of amides is 1. The molecule has 1 aliphatic carbocycles. The average Bonchev–Trinajstić information content (AvgIpc) is 2.68. The van der Waals surface area contributed by atoms with Crippen molar-refractivity contribution in [3.63, 3.8) is 0 Å². The molecule has 1 aromatic heterocycles. The average molecular weight is 264 g/mol. The summed E-state index contributed by atoms with van der Waals surface area (Å²) in [5, 5.41) is 4.13. The zero-order chi connectivity index (χ0) is 13.8. The summed E-state index contributed by atoms with van der Waals surface area (Å²) in [5.74, 6) is 1.33. The molecule has 1 saturated carbocycles. The van der Waals surface area contributed by atoms with E-state index in [4.69, 9.17) is 9.26 Å². The summed E-state index contributed by atoms with van der Waals surface area (Å²) < 4.78 is 10.6. The molecule has 2 aliphatic rings. The quantitative estimate of drug-likeness (QED) is 0.782. The fraction of sp³-hybridized carbons (Fsp3) is 0.714. The molecule has 1 aliphatic heterocycles. The Morgan fingerprint density at radius 3 is 2.89 bits per heavy atom. The van der Waals surface area contributed by atoms with E-state index in [1.165, 1.54) is 0 Å². The van der Waals surface area contributed by atoms with Gasteiger partial charge in [0.25, 0.3) is 0 Å². The minimum Gasteiger partial charge on any atom is -0.444 e. The van der Waals surface area contributed by atoms with Crippen LogP contribution in [0.4, 0.5) is 4.79 Å². The molecule has 5 nitrogen and oxygen atoms in total. The van der Waals surface area contributed by atoms with Crippen LogP contribution in [0.25, 0.3) is 0 Å². The SMILES string of the molecule is Cc1cc(C23CC2CN(C(=O)OC(C)(C)C)C3)no1. The van der Waals surface area contributed by atoms with Crippen molar-refractivity contribution in [1.29, 1.82) is 0 Å². The van der Waals surface area contributed by atoms with Gasteiger partial charge in [-0.1, -0.05) is 5.16 Å². The predicted octanol–water partition coefficient (Wildman–Crippen LogP) is 2.49. The number of aryl methyl sites for hydroxylation is 1. The number of nitrogens with zero attached hydrogens (tertiary/aromatic N) is 2. The molecule has 0 spiro atoms. The van der Waals surface area contributed by atoms with E-state index in [0.717, 1.165) is 24.4 Å². The van der Waals surface area contributed by atoms with Crippen LogP contribution in [0.5, 0.6) is 0 Å². The lowest BCUT2D eigenvalue weighted by Crippen LogP contribution is -2.37. The summed E-state index contributed by atoms with van der Waals surface area (Å²) >= 11 is 0. The third-order valence-electron chi connectivity index (χ3n) is 3.94. The summed E-state index contributed by atoms with van der Waals surface area (Å²) in [4.78, 5) is 13.9. The molecule has 2 heterocycles. The number of likely N-dealkylation sites (tertiary alicyclic amines) is 1. The molecule has 0 bridgehead atoms. The minimum absolute atomic E-state index is 0.0225. The molecule has 0 radical (unpaired) electrons. The zero-order valence-electron chi connectivity index (χ0n) is 11.9. The monoisotopic (exact) mass is 264 g/mol. The Kier molecular flexibility index (Phi) is 2.46. The number of piperidine rings is 1. The second-order valence-corrected chi connectivity index (χ2v) is 6.74. The Hall–Kier alpha value is -1.52. The van der Waals surface area contributed by atoms with Crippen LogP contribution < -0.4 is 0 Å². The minimum atomic E-state index is -0.443. The van der Waals surface area contributed by atoms with Gasteiger partial charge in [-0.05, 0) is 40.0 Å². The van der Waals surface area contributed by atoms with Crippen molar-refractivity contribution < 1.29 is 14.1 Å². The Morgan fingerprint density at radius 2 is 2.32 bits per heavy atom. The van der Waals surface area contributed by atoms with Crippen LogP contribution in [-0.2, 0) is 10.2 Å². The largest absolute Gasteiger partial charge is 0.444 e. The topological polar surface area (TPSA) is 55.6 Å².